The van der Waals surface area contributed by atoms with E-state index in [1.165, 1.54) is 11.5 Å². The van der Waals surface area contributed by atoms with Crippen LogP contribution in [0.1, 0.15) is 5.56 Å². The normalized spacial score (nSPS) is 10.1. The lowest BCUT2D eigenvalue weighted by atomic mass is 10.2. The Morgan fingerprint density at radius 1 is 1.18 bits per heavy atom. The van der Waals surface area contributed by atoms with Gasteiger partial charge in [-0.2, -0.15) is 0 Å². The Kier molecular flexibility index (Phi) is 3.38. The lowest BCUT2D eigenvalue weighted by Gasteiger charge is -2.12. The molecule has 0 saturated heterocycles. The van der Waals surface area contributed by atoms with Crippen molar-refractivity contribution in [1.29, 1.82) is 0 Å². The van der Waals surface area contributed by atoms with Crippen LogP contribution in [0.4, 0.5) is 10.8 Å². The molecule has 0 amide bonds. The number of hydrogen-bond acceptors (Lipinski definition) is 7. The van der Waals surface area contributed by atoms with E-state index in [1.807, 2.05) is 19.1 Å². The summed E-state index contributed by atoms with van der Waals surface area (Å²) in [5, 5.41) is 11.0. The van der Waals surface area contributed by atoms with Crippen LogP contribution in [0.15, 0.2) is 12.1 Å². The Bertz CT molecular complexity index is 501. The van der Waals surface area contributed by atoms with Gasteiger partial charge < -0.3 is 14.8 Å². The molecule has 0 radical (unpaired) electrons. The highest BCUT2D eigenvalue weighted by Crippen LogP contribution is 2.34. The first-order valence-corrected chi connectivity index (χ1v) is 5.66. The summed E-state index contributed by atoms with van der Waals surface area (Å²) < 4.78 is 14.2. The molecule has 0 aliphatic rings. The van der Waals surface area contributed by atoms with Crippen LogP contribution in [0.2, 0.25) is 0 Å². The standard InChI is InChI=1S/C10H12N4O2S/c1-6-4-9(16-3)7(5-8(6)15-2)11-10-12-13-14-17-10/h4-5H,1-3H3,(H,11,12,14). The number of rotatable bonds is 4. The largest absolute Gasteiger partial charge is 0.496 e. The van der Waals surface area contributed by atoms with Crippen molar-refractivity contribution in [3.8, 4) is 11.5 Å². The molecule has 2 aromatic rings. The minimum Gasteiger partial charge on any atom is -0.496 e. The van der Waals surface area contributed by atoms with Crippen molar-refractivity contribution in [2.24, 2.45) is 0 Å². The van der Waals surface area contributed by atoms with Crippen LogP contribution in [0.3, 0.4) is 0 Å². The summed E-state index contributed by atoms with van der Waals surface area (Å²) in [6, 6.07) is 3.76. The van der Waals surface area contributed by atoms with E-state index in [-0.39, 0.29) is 0 Å². The van der Waals surface area contributed by atoms with E-state index in [9.17, 15) is 0 Å². The van der Waals surface area contributed by atoms with E-state index in [0.717, 1.165) is 22.7 Å². The number of ether oxygens (including phenoxy) is 2. The first-order valence-electron chi connectivity index (χ1n) is 4.89. The molecule has 1 N–H and O–H groups in total. The zero-order valence-corrected chi connectivity index (χ0v) is 10.5. The van der Waals surface area contributed by atoms with Gasteiger partial charge in [0.2, 0.25) is 5.13 Å². The van der Waals surface area contributed by atoms with Gasteiger partial charge in [-0.25, -0.2) is 0 Å². The topological polar surface area (TPSA) is 69.2 Å². The molecule has 0 unspecified atom stereocenters. The quantitative estimate of drug-likeness (QED) is 0.897. The van der Waals surface area contributed by atoms with E-state index < -0.39 is 0 Å². The number of benzene rings is 1. The van der Waals surface area contributed by atoms with Gasteiger partial charge in [-0.15, -0.1) is 0 Å². The fourth-order valence-electron chi connectivity index (χ4n) is 1.45. The first-order chi connectivity index (χ1) is 8.24. The predicted octanol–water partition coefficient (Wildman–Crippen LogP) is 2.00. The van der Waals surface area contributed by atoms with Gasteiger partial charge in [-0.3, -0.25) is 0 Å². The lowest BCUT2D eigenvalue weighted by Crippen LogP contribution is -1.97. The third-order valence-electron chi connectivity index (χ3n) is 2.26. The maximum atomic E-state index is 5.29. The van der Waals surface area contributed by atoms with Crippen molar-refractivity contribution in [1.82, 2.24) is 14.8 Å². The van der Waals surface area contributed by atoms with Gasteiger partial charge in [0.05, 0.1) is 19.9 Å². The van der Waals surface area contributed by atoms with Crippen molar-refractivity contribution < 1.29 is 9.47 Å². The molecule has 0 saturated carbocycles. The van der Waals surface area contributed by atoms with Crippen LogP contribution in [-0.2, 0) is 0 Å². The SMILES string of the molecule is COc1cc(Nc2nnns2)c(OC)cc1C. The molecule has 0 bridgehead atoms. The number of anilines is 2. The first kappa shape index (κ1) is 11.6. The molecule has 0 atom stereocenters. The highest BCUT2D eigenvalue weighted by atomic mass is 32.1. The Balaban J connectivity index is 2.37. The summed E-state index contributed by atoms with van der Waals surface area (Å²) in [4.78, 5) is 0. The summed E-state index contributed by atoms with van der Waals surface area (Å²) in [7, 11) is 3.25. The third kappa shape index (κ3) is 2.44. The van der Waals surface area contributed by atoms with Crippen molar-refractivity contribution in [2.75, 3.05) is 19.5 Å². The molecule has 2 rings (SSSR count). The third-order valence-corrected chi connectivity index (χ3v) is 2.77. The van der Waals surface area contributed by atoms with Crippen LogP contribution in [0, 0.1) is 6.92 Å². The molecular weight excluding hydrogens is 240 g/mol. The van der Waals surface area contributed by atoms with Gasteiger partial charge in [0.1, 0.15) is 11.5 Å². The highest BCUT2D eigenvalue weighted by molar-refractivity contribution is 7.09. The monoisotopic (exact) mass is 252 g/mol. The van der Waals surface area contributed by atoms with Gasteiger partial charge in [0, 0.05) is 17.6 Å². The number of nitrogens with zero attached hydrogens (tertiary/aromatic N) is 3. The minimum absolute atomic E-state index is 0.606. The van der Waals surface area contributed by atoms with Crippen molar-refractivity contribution in [2.45, 2.75) is 6.92 Å². The molecule has 1 aromatic heterocycles. The smallest absolute Gasteiger partial charge is 0.229 e. The summed E-state index contributed by atoms with van der Waals surface area (Å²) in [6.45, 7) is 1.96. The highest BCUT2D eigenvalue weighted by Gasteiger charge is 2.10. The fourth-order valence-corrected chi connectivity index (χ4v) is 1.82. The molecule has 6 nitrogen and oxygen atoms in total. The molecule has 1 heterocycles. The van der Waals surface area contributed by atoms with Gasteiger partial charge in [-0.05, 0) is 23.8 Å². The average Bonchev–Trinajstić information content (AvgIpc) is 2.83. The molecule has 0 aliphatic heterocycles. The second kappa shape index (κ2) is 4.96. The van der Waals surface area contributed by atoms with Crippen LogP contribution in [0.25, 0.3) is 0 Å². The van der Waals surface area contributed by atoms with Crippen LogP contribution in [-0.4, -0.2) is 29.0 Å². The van der Waals surface area contributed by atoms with Gasteiger partial charge in [0.25, 0.3) is 0 Å². The van der Waals surface area contributed by atoms with Crippen molar-refractivity contribution in [3.05, 3.63) is 17.7 Å². The maximum Gasteiger partial charge on any atom is 0.229 e. The second-order valence-corrected chi connectivity index (χ2v) is 4.05. The number of nitrogens with one attached hydrogen (secondary N) is 1. The van der Waals surface area contributed by atoms with Crippen LogP contribution < -0.4 is 14.8 Å². The molecular formula is C10H12N4O2S. The number of aromatic nitrogens is 3. The Hall–Kier alpha value is -1.89. The number of aryl methyl sites for hydroxylation is 1. The van der Waals surface area contributed by atoms with E-state index in [2.05, 4.69) is 20.1 Å². The van der Waals surface area contributed by atoms with Crippen LogP contribution in [0.5, 0.6) is 11.5 Å². The van der Waals surface area contributed by atoms with Gasteiger partial charge >= 0.3 is 0 Å². The van der Waals surface area contributed by atoms with E-state index in [0.29, 0.717) is 5.13 Å². The molecule has 0 aliphatic carbocycles. The number of hydrogen-bond donors (Lipinski definition) is 1. The molecule has 17 heavy (non-hydrogen) atoms. The Morgan fingerprint density at radius 2 is 1.94 bits per heavy atom. The van der Waals surface area contributed by atoms with Gasteiger partial charge in [0.15, 0.2) is 0 Å². The minimum atomic E-state index is 0.606. The molecule has 1 aromatic carbocycles. The lowest BCUT2D eigenvalue weighted by molar-refractivity contribution is 0.402. The fraction of sp³-hybridized carbons (Fsp3) is 0.300. The van der Waals surface area contributed by atoms with E-state index in [4.69, 9.17) is 9.47 Å². The zero-order valence-electron chi connectivity index (χ0n) is 9.72. The Morgan fingerprint density at radius 3 is 2.53 bits per heavy atom. The summed E-state index contributed by atoms with van der Waals surface area (Å²) in [5.41, 5.74) is 1.78. The zero-order chi connectivity index (χ0) is 12.3. The molecule has 0 fully saturated rings. The van der Waals surface area contributed by atoms with Crippen LogP contribution >= 0.6 is 11.5 Å². The van der Waals surface area contributed by atoms with Crippen molar-refractivity contribution >= 4 is 22.4 Å². The maximum absolute atomic E-state index is 5.29. The predicted molar refractivity (Wildman–Crippen MR) is 65.3 cm³/mol. The number of methoxy groups -OCH3 is 2. The second-order valence-electron chi connectivity index (χ2n) is 3.31. The summed E-state index contributed by atoms with van der Waals surface area (Å²) in [5.74, 6) is 1.50. The molecule has 0 spiro atoms. The van der Waals surface area contributed by atoms with E-state index in [1.54, 1.807) is 14.2 Å². The average molecular weight is 252 g/mol. The van der Waals surface area contributed by atoms with Gasteiger partial charge in [-0.1, -0.05) is 9.59 Å². The summed E-state index contributed by atoms with van der Waals surface area (Å²) >= 11 is 1.17. The van der Waals surface area contributed by atoms with Crippen molar-refractivity contribution in [3.63, 3.8) is 0 Å². The Labute approximate surface area is 103 Å². The van der Waals surface area contributed by atoms with E-state index >= 15 is 0 Å². The molecule has 90 valence electrons. The summed E-state index contributed by atoms with van der Waals surface area (Å²) in [6.07, 6.45) is 0. The molecule has 7 heteroatoms.